The Morgan fingerprint density at radius 1 is 1.17 bits per heavy atom. The third-order valence-corrected chi connectivity index (χ3v) is 3.82. The van der Waals surface area contributed by atoms with E-state index in [1.54, 1.807) is 0 Å². The number of likely N-dealkylation sites (N-methyl/N-ethyl adjacent to an activating group) is 1. The van der Waals surface area contributed by atoms with Crippen LogP contribution in [0.1, 0.15) is 18.1 Å². The van der Waals surface area contributed by atoms with Crippen LogP contribution in [0.5, 0.6) is 5.75 Å². The van der Waals surface area contributed by atoms with E-state index in [1.165, 1.54) is 5.56 Å². The highest BCUT2D eigenvalue weighted by Crippen LogP contribution is 2.11. The summed E-state index contributed by atoms with van der Waals surface area (Å²) in [5.74, 6) is 0.900. The topological polar surface area (TPSA) is 42.8 Å². The van der Waals surface area contributed by atoms with Crippen LogP contribution < -0.4 is 15.0 Å². The molecule has 0 saturated carbocycles. The number of carbonyl (C=O) groups is 1. The molecule has 2 rings (SSSR count). The fraction of sp³-hybridized carbons (Fsp3) is 0.316. The van der Waals surface area contributed by atoms with Crippen LogP contribution in [0.15, 0.2) is 48.5 Å². The Morgan fingerprint density at radius 3 is 2.58 bits per heavy atom. The molecule has 1 unspecified atom stereocenters. The molecule has 24 heavy (non-hydrogen) atoms. The molecule has 0 saturated heterocycles. The number of halogens is 1. The lowest BCUT2D eigenvalue weighted by atomic mass is 10.2. The SMILES string of the molecule is CCOc1ccc(C[NH+](C)CC(=O)NCc2cccc(Cl)c2)cc1. The predicted molar refractivity (Wildman–Crippen MR) is 96.4 cm³/mol. The lowest BCUT2D eigenvalue weighted by Gasteiger charge is -2.14. The summed E-state index contributed by atoms with van der Waals surface area (Å²) >= 11 is 5.94. The Kier molecular flexibility index (Phi) is 7.09. The van der Waals surface area contributed by atoms with Crippen LogP contribution in [0.25, 0.3) is 0 Å². The van der Waals surface area contributed by atoms with Gasteiger partial charge in [-0.05, 0) is 48.9 Å². The van der Waals surface area contributed by atoms with Crippen LogP contribution in [0.4, 0.5) is 0 Å². The van der Waals surface area contributed by atoms with Gasteiger partial charge in [-0.25, -0.2) is 0 Å². The molecular formula is C19H24ClN2O2+. The normalized spacial score (nSPS) is 11.8. The Bertz CT molecular complexity index is 659. The Hall–Kier alpha value is -2.04. The lowest BCUT2D eigenvalue weighted by molar-refractivity contribution is -0.885. The van der Waals surface area contributed by atoms with Gasteiger partial charge in [0.1, 0.15) is 12.3 Å². The molecule has 0 bridgehead atoms. The summed E-state index contributed by atoms with van der Waals surface area (Å²) in [5.41, 5.74) is 2.18. The highest BCUT2D eigenvalue weighted by atomic mass is 35.5. The fourth-order valence-electron chi connectivity index (χ4n) is 2.47. The van der Waals surface area contributed by atoms with Gasteiger partial charge in [0.25, 0.3) is 5.91 Å². The van der Waals surface area contributed by atoms with Crippen LogP contribution in [-0.2, 0) is 17.9 Å². The van der Waals surface area contributed by atoms with Crippen molar-refractivity contribution >= 4 is 17.5 Å². The maximum atomic E-state index is 12.1. The van der Waals surface area contributed by atoms with Crippen molar-refractivity contribution in [1.29, 1.82) is 0 Å². The van der Waals surface area contributed by atoms with Crippen LogP contribution >= 0.6 is 11.6 Å². The number of amides is 1. The van der Waals surface area contributed by atoms with Gasteiger partial charge in [0.05, 0.1) is 13.7 Å². The summed E-state index contributed by atoms with van der Waals surface area (Å²) in [6, 6.07) is 15.5. The van der Waals surface area contributed by atoms with Crippen LogP contribution in [-0.4, -0.2) is 26.1 Å². The van der Waals surface area contributed by atoms with Crippen molar-refractivity contribution < 1.29 is 14.4 Å². The highest BCUT2D eigenvalue weighted by molar-refractivity contribution is 6.30. The molecule has 4 nitrogen and oxygen atoms in total. The van der Waals surface area contributed by atoms with Crippen molar-refractivity contribution in [3.05, 3.63) is 64.7 Å². The van der Waals surface area contributed by atoms with Gasteiger partial charge in [-0.3, -0.25) is 4.79 Å². The predicted octanol–water partition coefficient (Wildman–Crippen LogP) is 2.07. The Balaban J connectivity index is 1.76. The average molecular weight is 348 g/mol. The molecule has 1 atom stereocenters. The first kappa shape index (κ1) is 18.3. The molecule has 0 aliphatic carbocycles. The van der Waals surface area contributed by atoms with Crippen LogP contribution in [0.3, 0.4) is 0 Å². The van der Waals surface area contributed by atoms with E-state index in [0.717, 1.165) is 22.8 Å². The number of quaternary nitrogens is 1. The maximum Gasteiger partial charge on any atom is 0.275 e. The highest BCUT2D eigenvalue weighted by Gasteiger charge is 2.10. The molecule has 2 aromatic rings. The molecule has 5 heteroatoms. The van der Waals surface area contributed by atoms with Crippen molar-refractivity contribution in [3.8, 4) is 5.75 Å². The molecule has 0 fully saturated rings. The molecular weight excluding hydrogens is 324 g/mol. The third-order valence-electron chi connectivity index (χ3n) is 3.58. The van der Waals surface area contributed by atoms with Gasteiger partial charge in [-0.2, -0.15) is 0 Å². The van der Waals surface area contributed by atoms with E-state index >= 15 is 0 Å². The van der Waals surface area contributed by atoms with Gasteiger partial charge >= 0.3 is 0 Å². The summed E-state index contributed by atoms with van der Waals surface area (Å²) in [7, 11) is 2.01. The van der Waals surface area contributed by atoms with Gasteiger partial charge in [-0.15, -0.1) is 0 Å². The zero-order valence-corrected chi connectivity index (χ0v) is 14.9. The van der Waals surface area contributed by atoms with E-state index in [4.69, 9.17) is 16.3 Å². The number of benzene rings is 2. The molecule has 128 valence electrons. The van der Waals surface area contributed by atoms with E-state index in [1.807, 2.05) is 62.5 Å². The number of carbonyl (C=O) groups excluding carboxylic acids is 1. The molecule has 0 radical (unpaired) electrons. The molecule has 1 amide bonds. The molecule has 0 aromatic heterocycles. The lowest BCUT2D eigenvalue weighted by Crippen LogP contribution is -3.08. The van der Waals surface area contributed by atoms with Gasteiger partial charge in [-0.1, -0.05) is 23.7 Å². The third kappa shape index (κ3) is 6.22. The van der Waals surface area contributed by atoms with E-state index in [2.05, 4.69) is 5.32 Å². The molecule has 2 aromatic carbocycles. The molecule has 0 aliphatic heterocycles. The summed E-state index contributed by atoms with van der Waals surface area (Å²) in [6.07, 6.45) is 0. The molecule has 0 heterocycles. The summed E-state index contributed by atoms with van der Waals surface area (Å²) in [6.45, 7) is 4.34. The Morgan fingerprint density at radius 2 is 1.92 bits per heavy atom. The average Bonchev–Trinajstić information content (AvgIpc) is 2.55. The minimum Gasteiger partial charge on any atom is -0.494 e. The molecule has 0 aliphatic rings. The first-order chi connectivity index (χ1) is 11.6. The van der Waals surface area contributed by atoms with Gasteiger partial charge in [0.2, 0.25) is 0 Å². The Labute approximate surface area is 148 Å². The van der Waals surface area contributed by atoms with Gasteiger partial charge < -0.3 is 15.0 Å². The largest absolute Gasteiger partial charge is 0.494 e. The van der Waals surface area contributed by atoms with Gasteiger partial charge in [0, 0.05) is 17.1 Å². The van der Waals surface area contributed by atoms with E-state index < -0.39 is 0 Å². The van der Waals surface area contributed by atoms with Crippen molar-refractivity contribution in [2.45, 2.75) is 20.0 Å². The summed E-state index contributed by atoms with van der Waals surface area (Å²) in [4.78, 5) is 13.2. The minimum atomic E-state index is 0.0263. The van der Waals surface area contributed by atoms with E-state index in [9.17, 15) is 4.79 Å². The molecule has 2 N–H and O–H groups in total. The second-order valence-corrected chi connectivity index (χ2v) is 6.23. The number of hydrogen-bond donors (Lipinski definition) is 2. The first-order valence-electron chi connectivity index (χ1n) is 8.11. The standard InChI is InChI=1S/C19H23ClN2O2/c1-3-24-18-9-7-15(8-10-18)13-22(2)14-19(23)21-12-16-5-4-6-17(20)11-16/h4-11H,3,12-14H2,1-2H3,(H,21,23)/p+1. The van der Waals surface area contributed by atoms with Crippen molar-refractivity contribution in [2.24, 2.45) is 0 Å². The van der Waals surface area contributed by atoms with Crippen LogP contribution in [0, 0.1) is 0 Å². The van der Waals surface area contributed by atoms with Crippen LogP contribution in [0.2, 0.25) is 5.02 Å². The zero-order chi connectivity index (χ0) is 17.4. The van der Waals surface area contributed by atoms with E-state index in [-0.39, 0.29) is 5.91 Å². The zero-order valence-electron chi connectivity index (χ0n) is 14.1. The number of hydrogen-bond acceptors (Lipinski definition) is 2. The minimum absolute atomic E-state index is 0.0263. The first-order valence-corrected chi connectivity index (χ1v) is 8.49. The van der Waals surface area contributed by atoms with Crippen molar-refractivity contribution in [1.82, 2.24) is 5.32 Å². The molecule has 0 spiro atoms. The fourth-order valence-corrected chi connectivity index (χ4v) is 2.68. The second-order valence-electron chi connectivity index (χ2n) is 5.79. The quantitative estimate of drug-likeness (QED) is 0.767. The second kappa shape index (κ2) is 9.30. The number of rotatable bonds is 8. The smallest absolute Gasteiger partial charge is 0.275 e. The number of nitrogens with one attached hydrogen (secondary N) is 2. The van der Waals surface area contributed by atoms with Gasteiger partial charge in [0.15, 0.2) is 6.54 Å². The van der Waals surface area contributed by atoms with Crippen molar-refractivity contribution in [2.75, 3.05) is 20.2 Å². The summed E-state index contributed by atoms with van der Waals surface area (Å²) < 4.78 is 5.43. The maximum absolute atomic E-state index is 12.1. The summed E-state index contributed by atoms with van der Waals surface area (Å²) in [5, 5.41) is 3.61. The number of ether oxygens (including phenoxy) is 1. The van der Waals surface area contributed by atoms with E-state index in [0.29, 0.717) is 24.7 Å². The van der Waals surface area contributed by atoms with Crippen molar-refractivity contribution in [3.63, 3.8) is 0 Å². The monoisotopic (exact) mass is 347 g/mol.